The summed E-state index contributed by atoms with van der Waals surface area (Å²) in [5.74, 6) is 0. The van der Waals surface area contributed by atoms with E-state index in [9.17, 15) is 0 Å². The molecular weight excluding hydrogens is 148 g/mol. The summed E-state index contributed by atoms with van der Waals surface area (Å²) in [4.78, 5) is 0. The summed E-state index contributed by atoms with van der Waals surface area (Å²) in [6.07, 6.45) is 0.775. The minimum absolute atomic E-state index is 0.0773. The molecule has 0 heterocycles. The zero-order valence-corrected chi connectivity index (χ0v) is 7.38. The normalized spacial score (nSPS) is 9.83. The first-order valence-corrected chi connectivity index (χ1v) is 4.05. The molecule has 0 aliphatic carbocycles. The van der Waals surface area contributed by atoms with E-state index in [0.717, 1.165) is 12.0 Å². The number of benzene rings is 1. The zero-order valence-electron chi connectivity index (χ0n) is 7.38. The van der Waals surface area contributed by atoms with E-state index in [-0.39, 0.29) is 6.61 Å². The lowest BCUT2D eigenvalue weighted by Gasteiger charge is -2.02. The van der Waals surface area contributed by atoms with Gasteiger partial charge in [0.2, 0.25) is 0 Å². The number of hydrogen-bond acceptors (Lipinski definition) is 1. The molecule has 12 heavy (non-hydrogen) atoms. The Morgan fingerprint density at radius 1 is 1.33 bits per heavy atom. The van der Waals surface area contributed by atoms with Crippen LogP contribution in [-0.2, 0) is 6.42 Å². The van der Waals surface area contributed by atoms with Crippen molar-refractivity contribution < 1.29 is 5.11 Å². The summed E-state index contributed by atoms with van der Waals surface area (Å²) in [6, 6.07) is 8.27. The van der Waals surface area contributed by atoms with Gasteiger partial charge in [-0.25, -0.2) is 0 Å². The molecule has 0 atom stereocenters. The van der Waals surface area contributed by atoms with Gasteiger partial charge in [-0.2, -0.15) is 0 Å². The van der Waals surface area contributed by atoms with Gasteiger partial charge in [-0.3, -0.25) is 0 Å². The third kappa shape index (κ3) is 2.51. The second kappa shape index (κ2) is 4.07. The van der Waals surface area contributed by atoms with E-state index in [0.29, 0.717) is 0 Å². The van der Waals surface area contributed by atoms with Gasteiger partial charge >= 0.3 is 0 Å². The topological polar surface area (TPSA) is 20.2 Å². The molecule has 0 unspecified atom stereocenters. The van der Waals surface area contributed by atoms with Crippen LogP contribution in [-0.4, -0.2) is 11.7 Å². The van der Waals surface area contributed by atoms with E-state index >= 15 is 0 Å². The van der Waals surface area contributed by atoms with Gasteiger partial charge in [0, 0.05) is 0 Å². The molecule has 0 spiro atoms. The van der Waals surface area contributed by atoms with Crippen LogP contribution >= 0.6 is 0 Å². The Morgan fingerprint density at radius 2 is 1.92 bits per heavy atom. The van der Waals surface area contributed by atoms with E-state index in [1.165, 1.54) is 11.1 Å². The van der Waals surface area contributed by atoms with Crippen LogP contribution in [0.2, 0.25) is 0 Å². The lowest BCUT2D eigenvalue weighted by atomic mass is 10.1. The van der Waals surface area contributed by atoms with E-state index in [4.69, 9.17) is 5.11 Å². The smallest absolute Gasteiger partial charge is 0.0642 e. The van der Waals surface area contributed by atoms with Crippen LogP contribution in [0.15, 0.2) is 36.4 Å². The Hall–Kier alpha value is -1.08. The molecule has 1 rings (SSSR count). The highest BCUT2D eigenvalue weighted by molar-refractivity contribution is 5.24. The quantitative estimate of drug-likeness (QED) is 0.675. The van der Waals surface area contributed by atoms with Crippen molar-refractivity contribution in [3.8, 4) is 0 Å². The number of aryl methyl sites for hydroxylation is 1. The molecule has 1 aromatic carbocycles. The van der Waals surface area contributed by atoms with Crippen molar-refractivity contribution in [1.82, 2.24) is 0 Å². The minimum atomic E-state index is 0.0773. The van der Waals surface area contributed by atoms with Gasteiger partial charge in [0.1, 0.15) is 0 Å². The number of rotatable bonds is 3. The SMILES string of the molecule is C=C(CO)Cc1ccc(C)cc1. The molecule has 0 amide bonds. The molecule has 0 radical (unpaired) electrons. The summed E-state index contributed by atoms with van der Waals surface area (Å²) in [6.45, 7) is 5.88. The zero-order chi connectivity index (χ0) is 8.97. The molecule has 0 aliphatic heterocycles. The van der Waals surface area contributed by atoms with Crippen molar-refractivity contribution in [3.63, 3.8) is 0 Å². The van der Waals surface area contributed by atoms with Crippen LogP contribution in [0, 0.1) is 6.92 Å². The van der Waals surface area contributed by atoms with Crippen LogP contribution in [0.5, 0.6) is 0 Å². The summed E-state index contributed by atoms with van der Waals surface area (Å²) < 4.78 is 0. The maximum absolute atomic E-state index is 8.75. The van der Waals surface area contributed by atoms with Gasteiger partial charge in [-0.15, -0.1) is 0 Å². The highest BCUT2D eigenvalue weighted by Crippen LogP contribution is 2.07. The summed E-state index contributed by atoms with van der Waals surface area (Å²) >= 11 is 0. The highest BCUT2D eigenvalue weighted by atomic mass is 16.3. The molecule has 1 heteroatoms. The van der Waals surface area contributed by atoms with E-state index in [1.807, 2.05) is 0 Å². The molecule has 1 aromatic rings. The van der Waals surface area contributed by atoms with Gasteiger partial charge in [-0.05, 0) is 24.5 Å². The fraction of sp³-hybridized carbons (Fsp3) is 0.273. The molecule has 1 nitrogen and oxygen atoms in total. The lowest BCUT2D eigenvalue weighted by molar-refractivity contribution is 0.329. The van der Waals surface area contributed by atoms with Crippen LogP contribution in [0.4, 0.5) is 0 Å². The van der Waals surface area contributed by atoms with E-state index in [1.54, 1.807) is 0 Å². The second-order valence-corrected chi connectivity index (χ2v) is 3.07. The van der Waals surface area contributed by atoms with Gasteiger partial charge in [-0.1, -0.05) is 36.4 Å². The predicted molar refractivity (Wildman–Crippen MR) is 51.1 cm³/mol. The van der Waals surface area contributed by atoms with Crippen LogP contribution < -0.4 is 0 Å². The monoisotopic (exact) mass is 162 g/mol. The number of hydrogen-bond donors (Lipinski definition) is 1. The largest absolute Gasteiger partial charge is 0.392 e. The average molecular weight is 162 g/mol. The first-order chi connectivity index (χ1) is 5.72. The van der Waals surface area contributed by atoms with Crippen molar-refractivity contribution in [1.29, 1.82) is 0 Å². The van der Waals surface area contributed by atoms with Crippen LogP contribution in [0.3, 0.4) is 0 Å². The number of aliphatic hydroxyl groups is 1. The van der Waals surface area contributed by atoms with Gasteiger partial charge in [0.05, 0.1) is 6.61 Å². The lowest BCUT2D eigenvalue weighted by Crippen LogP contribution is -1.93. The van der Waals surface area contributed by atoms with Gasteiger partial charge < -0.3 is 5.11 Å². The summed E-state index contributed by atoms with van der Waals surface area (Å²) in [5, 5.41) is 8.75. The van der Waals surface area contributed by atoms with Crippen molar-refractivity contribution in [2.45, 2.75) is 13.3 Å². The van der Waals surface area contributed by atoms with Crippen LogP contribution in [0.25, 0.3) is 0 Å². The summed E-state index contributed by atoms with van der Waals surface area (Å²) in [5.41, 5.74) is 3.33. The highest BCUT2D eigenvalue weighted by Gasteiger charge is 1.94. The minimum Gasteiger partial charge on any atom is -0.392 e. The predicted octanol–water partition coefficient (Wildman–Crippen LogP) is 2.09. The first-order valence-electron chi connectivity index (χ1n) is 4.05. The van der Waals surface area contributed by atoms with Crippen molar-refractivity contribution in [2.24, 2.45) is 0 Å². The van der Waals surface area contributed by atoms with Crippen molar-refractivity contribution in [2.75, 3.05) is 6.61 Å². The van der Waals surface area contributed by atoms with Gasteiger partial charge in [0.15, 0.2) is 0 Å². The molecule has 0 saturated heterocycles. The number of aliphatic hydroxyl groups excluding tert-OH is 1. The molecule has 64 valence electrons. The second-order valence-electron chi connectivity index (χ2n) is 3.07. The van der Waals surface area contributed by atoms with E-state index in [2.05, 4.69) is 37.8 Å². The standard InChI is InChI=1S/C11H14O/c1-9-3-5-11(6-4-9)7-10(2)8-12/h3-6,12H,2,7-8H2,1H3. The maximum atomic E-state index is 8.75. The molecule has 1 N–H and O–H groups in total. The Balaban J connectivity index is 2.64. The third-order valence-electron chi connectivity index (χ3n) is 1.80. The Kier molecular flexibility index (Phi) is 3.06. The molecule has 0 aromatic heterocycles. The molecular formula is C11H14O. The Bertz CT molecular complexity index is 259. The third-order valence-corrected chi connectivity index (χ3v) is 1.80. The fourth-order valence-electron chi connectivity index (χ4n) is 1.05. The van der Waals surface area contributed by atoms with Crippen LogP contribution in [0.1, 0.15) is 11.1 Å². The molecule has 0 saturated carbocycles. The summed E-state index contributed by atoms with van der Waals surface area (Å²) in [7, 11) is 0. The molecule has 0 aliphatic rings. The van der Waals surface area contributed by atoms with Crippen molar-refractivity contribution in [3.05, 3.63) is 47.5 Å². The average Bonchev–Trinajstić information content (AvgIpc) is 2.09. The molecule has 0 bridgehead atoms. The fourth-order valence-corrected chi connectivity index (χ4v) is 1.05. The first kappa shape index (κ1) is 9.01. The maximum Gasteiger partial charge on any atom is 0.0642 e. The van der Waals surface area contributed by atoms with E-state index < -0.39 is 0 Å². The van der Waals surface area contributed by atoms with Gasteiger partial charge in [0.25, 0.3) is 0 Å². The Labute approximate surface area is 73.4 Å². The van der Waals surface area contributed by atoms with Crippen molar-refractivity contribution >= 4 is 0 Å². The Morgan fingerprint density at radius 3 is 2.42 bits per heavy atom. The molecule has 0 fully saturated rings.